The van der Waals surface area contributed by atoms with Crippen molar-refractivity contribution in [1.82, 2.24) is 30.2 Å². The smallest absolute Gasteiger partial charge is 0.280 e. The van der Waals surface area contributed by atoms with Gasteiger partial charge in [-0.1, -0.05) is 74.0 Å². The van der Waals surface area contributed by atoms with Gasteiger partial charge in [0.1, 0.15) is 5.82 Å². The number of para-hydroxylation sites is 1. The number of hydrogen-bond acceptors (Lipinski definition) is 5. The maximum absolute atomic E-state index is 12.6. The zero-order valence-electron chi connectivity index (χ0n) is 18.4. The molecule has 0 aliphatic rings. The molecule has 5 rings (SSSR count). The fraction of sp³-hybridized carbons (Fsp3) is 0.192. The lowest BCUT2D eigenvalue weighted by molar-refractivity contribution is 0.669. The zero-order valence-corrected chi connectivity index (χ0v) is 18.4. The monoisotopic (exact) mass is 436 g/mol. The van der Waals surface area contributed by atoms with Crippen LogP contribution in [0.15, 0.2) is 77.6 Å². The Kier molecular flexibility index (Phi) is 5.76. The van der Waals surface area contributed by atoms with E-state index in [1.807, 2.05) is 42.5 Å². The van der Waals surface area contributed by atoms with E-state index in [2.05, 4.69) is 67.4 Å². The van der Waals surface area contributed by atoms with Crippen molar-refractivity contribution in [1.29, 1.82) is 0 Å². The Morgan fingerprint density at radius 3 is 2.42 bits per heavy atom. The first-order chi connectivity index (χ1) is 16.2. The van der Waals surface area contributed by atoms with Crippen LogP contribution >= 0.6 is 0 Å². The van der Waals surface area contributed by atoms with E-state index in [1.54, 1.807) is 0 Å². The molecule has 1 N–H and O–H groups in total. The van der Waals surface area contributed by atoms with Gasteiger partial charge in [0, 0.05) is 18.5 Å². The van der Waals surface area contributed by atoms with Crippen LogP contribution in [0, 0.1) is 0 Å². The SMILES string of the molecule is CCCCc1nc(=O)c2ccccc2n1Cc1ccc(-c2ccccc2-c2nn[nH]n2)cc1. The minimum Gasteiger partial charge on any atom is -0.325 e. The Labute approximate surface area is 191 Å². The molecule has 0 bridgehead atoms. The van der Waals surface area contributed by atoms with Gasteiger partial charge in [0.05, 0.1) is 10.9 Å². The lowest BCUT2D eigenvalue weighted by Gasteiger charge is -2.16. The second kappa shape index (κ2) is 9.16. The molecular weight excluding hydrogens is 412 g/mol. The lowest BCUT2D eigenvalue weighted by atomic mass is 9.98. The van der Waals surface area contributed by atoms with E-state index in [4.69, 9.17) is 0 Å². The summed E-state index contributed by atoms with van der Waals surface area (Å²) in [5, 5.41) is 15.1. The summed E-state index contributed by atoms with van der Waals surface area (Å²) < 4.78 is 2.18. The highest BCUT2D eigenvalue weighted by Crippen LogP contribution is 2.30. The maximum Gasteiger partial charge on any atom is 0.280 e. The summed E-state index contributed by atoms with van der Waals surface area (Å²) in [6, 6.07) is 24.2. The van der Waals surface area contributed by atoms with Gasteiger partial charge < -0.3 is 4.57 Å². The van der Waals surface area contributed by atoms with Crippen molar-refractivity contribution < 1.29 is 0 Å². The molecule has 7 heteroatoms. The average molecular weight is 437 g/mol. The summed E-state index contributed by atoms with van der Waals surface area (Å²) in [6.45, 7) is 2.80. The molecule has 0 aliphatic carbocycles. The number of aryl methyl sites for hydroxylation is 1. The van der Waals surface area contributed by atoms with E-state index < -0.39 is 0 Å². The van der Waals surface area contributed by atoms with Gasteiger partial charge >= 0.3 is 0 Å². The molecule has 0 saturated carbocycles. The zero-order chi connectivity index (χ0) is 22.6. The molecule has 0 fully saturated rings. The maximum atomic E-state index is 12.6. The highest BCUT2D eigenvalue weighted by Gasteiger charge is 2.13. The van der Waals surface area contributed by atoms with Gasteiger partial charge in [-0.05, 0) is 40.5 Å². The van der Waals surface area contributed by atoms with Gasteiger partial charge in [-0.15, -0.1) is 10.2 Å². The third-order valence-corrected chi connectivity index (χ3v) is 5.84. The van der Waals surface area contributed by atoms with Crippen molar-refractivity contribution >= 4 is 10.9 Å². The molecule has 3 aromatic carbocycles. The van der Waals surface area contributed by atoms with E-state index in [9.17, 15) is 4.79 Å². The van der Waals surface area contributed by atoms with Crippen molar-refractivity contribution in [2.45, 2.75) is 32.7 Å². The van der Waals surface area contributed by atoms with Crippen molar-refractivity contribution in [3.8, 4) is 22.5 Å². The molecule has 33 heavy (non-hydrogen) atoms. The van der Waals surface area contributed by atoms with Crippen LogP contribution in [0.4, 0.5) is 0 Å². The number of aromatic amines is 1. The molecule has 2 aromatic heterocycles. The second-order valence-electron chi connectivity index (χ2n) is 8.02. The van der Waals surface area contributed by atoms with E-state index in [1.165, 1.54) is 0 Å². The fourth-order valence-electron chi connectivity index (χ4n) is 4.15. The predicted octanol–water partition coefficient (Wildman–Crippen LogP) is 4.63. The summed E-state index contributed by atoms with van der Waals surface area (Å²) in [5.74, 6) is 1.41. The van der Waals surface area contributed by atoms with Gasteiger partial charge in [0.15, 0.2) is 0 Å². The number of fused-ring (bicyclic) bond motifs is 1. The molecule has 5 aromatic rings. The standard InChI is InChI=1S/C26H24N6O/c1-2-3-12-24-27-26(33)22-10-6-7-11-23(22)32(24)17-18-13-15-19(16-14-18)20-8-4-5-9-21(20)25-28-30-31-29-25/h4-11,13-16H,2-3,12,17H2,1H3,(H,28,29,30,31). The van der Waals surface area contributed by atoms with Crippen LogP contribution in [0.5, 0.6) is 0 Å². The van der Waals surface area contributed by atoms with Crippen LogP contribution in [-0.4, -0.2) is 30.2 Å². The molecule has 164 valence electrons. The highest BCUT2D eigenvalue weighted by molar-refractivity contribution is 5.80. The van der Waals surface area contributed by atoms with Crippen LogP contribution in [0.3, 0.4) is 0 Å². The van der Waals surface area contributed by atoms with Crippen molar-refractivity contribution in [3.05, 3.63) is 94.5 Å². The molecule has 2 heterocycles. The van der Waals surface area contributed by atoms with E-state index in [-0.39, 0.29) is 5.56 Å². The summed E-state index contributed by atoms with van der Waals surface area (Å²) in [4.78, 5) is 17.0. The minimum absolute atomic E-state index is 0.152. The number of rotatable bonds is 7. The molecule has 0 atom stereocenters. The van der Waals surface area contributed by atoms with Crippen LogP contribution in [0.25, 0.3) is 33.4 Å². The van der Waals surface area contributed by atoms with Gasteiger partial charge in [0.25, 0.3) is 5.56 Å². The first kappa shape index (κ1) is 20.8. The molecule has 0 spiro atoms. The van der Waals surface area contributed by atoms with Crippen LogP contribution < -0.4 is 5.56 Å². The topological polar surface area (TPSA) is 89.4 Å². The first-order valence-corrected chi connectivity index (χ1v) is 11.1. The summed E-state index contributed by atoms with van der Waals surface area (Å²) in [7, 11) is 0. The Balaban J connectivity index is 1.51. The van der Waals surface area contributed by atoms with Gasteiger partial charge in [0.2, 0.25) is 5.82 Å². The Hall–Kier alpha value is -4.13. The van der Waals surface area contributed by atoms with Gasteiger partial charge in [-0.2, -0.15) is 10.2 Å². The predicted molar refractivity (Wildman–Crippen MR) is 129 cm³/mol. The normalized spacial score (nSPS) is 11.2. The number of hydrogen-bond donors (Lipinski definition) is 1. The lowest BCUT2D eigenvalue weighted by Crippen LogP contribution is -2.19. The molecule has 0 aliphatic heterocycles. The van der Waals surface area contributed by atoms with Crippen LogP contribution in [-0.2, 0) is 13.0 Å². The van der Waals surface area contributed by atoms with Crippen molar-refractivity contribution in [3.63, 3.8) is 0 Å². The molecule has 0 radical (unpaired) electrons. The number of unbranched alkanes of at least 4 members (excludes halogenated alkanes) is 1. The molecular formula is C26H24N6O. The molecule has 0 unspecified atom stereocenters. The number of H-pyrrole nitrogens is 1. The first-order valence-electron chi connectivity index (χ1n) is 11.1. The summed E-state index contributed by atoms with van der Waals surface area (Å²) in [6.07, 6.45) is 2.83. The number of aromatic nitrogens is 6. The number of benzene rings is 3. The Morgan fingerprint density at radius 1 is 0.909 bits per heavy atom. The molecule has 0 saturated heterocycles. The minimum atomic E-state index is -0.152. The summed E-state index contributed by atoms with van der Waals surface area (Å²) in [5.41, 5.74) is 4.97. The average Bonchev–Trinajstić information content (AvgIpc) is 3.40. The van der Waals surface area contributed by atoms with Crippen molar-refractivity contribution in [2.75, 3.05) is 0 Å². The van der Waals surface area contributed by atoms with Crippen LogP contribution in [0.2, 0.25) is 0 Å². The van der Waals surface area contributed by atoms with Crippen LogP contribution in [0.1, 0.15) is 31.2 Å². The largest absolute Gasteiger partial charge is 0.325 e. The number of nitrogens with one attached hydrogen (secondary N) is 1. The fourth-order valence-corrected chi connectivity index (χ4v) is 4.15. The third-order valence-electron chi connectivity index (χ3n) is 5.84. The third kappa shape index (κ3) is 4.17. The second-order valence-corrected chi connectivity index (χ2v) is 8.02. The summed E-state index contributed by atoms with van der Waals surface area (Å²) >= 11 is 0. The van der Waals surface area contributed by atoms with E-state index >= 15 is 0 Å². The Bertz CT molecular complexity index is 1440. The van der Waals surface area contributed by atoms with E-state index in [0.717, 1.165) is 52.9 Å². The quantitative estimate of drug-likeness (QED) is 0.402. The number of tetrazole rings is 1. The number of nitrogens with zero attached hydrogens (tertiary/aromatic N) is 5. The van der Waals surface area contributed by atoms with Gasteiger partial charge in [-0.25, -0.2) is 0 Å². The van der Waals surface area contributed by atoms with Crippen molar-refractivity contribution in [2.24, 2.45) is 0 Å². The molecule has 0 amide bonds. The highest BCUT2D eigenvalue weighted by atomic mass is 16.1. The van der Waals surface area contributed by atoms with Gasteiger partial charge in [-0.3, -0.25) is 4.79 Å². The molecule has 7 nitrogen and oxygen atoms in total. The van der Waals surface area contributed by atoms with E-state index in [0.29, 0.717) is 17.8 Å². The Morgan fingerprint density at radius 2 is 1.67 bits per heavy atom.